The second-order valence-electron chi connectivity index (χ2n) is 17.2. The smallest absolute Gasteiger partial charge is 0.712 e. The second kappa shape index (κ2) is 29.8. The van der Waals surface area contributed by atoms with Gasteiger partial charge in [-0.1, -0.05) is 164 Å². The van der Waals surface area contributed by atoms with Crippen LogP contribution in [-0.4, -0.2) is 30.8 Å². The van der Waals surface area contributed by atoms with Crippen molar-refractivity contribution in [2.45, 2.75) is 83.1 Å². The first-order valence-corrected chi connectivity index (χ1v) is 25.5. The zero-order valence-electron chi connectivity index (χ0n) is 36.6. The minimum Gasteiger partial charge on any atom is -0.712 e. The fourth-order valence-electron chi connectivity index (χ4n) is 6.23. The summed E-state index contributed by atoms with van der Waals surface area (Å²) in [6.07, 6.45) is 6.50. The summed E-state index contributed by atoms with van der Waals surface area (Å²) >= 11 is 0. The molecule has 56 heavy (non-hydrogen) atoms. The first-order valence-electron chi connectivity index (χ1n) is 20.5. The van der Waals surface area contributed by atoms with Gasteiger partial charge in [-0.25, -0.2) is 12.5 Å². The van der Waals surface area contributed by atoms with Gasteiger partial charge >= 0.3 is 17.1 Å². The molecule has 0 spiro atoms. The van der Waals surface area contributed by atoms with E-state index in [1.807, 2.05) is 18.2 Å². The van der Waals surface area contributed by atoms with Gasteiger partial charge in [0, 0.05) is 32.9 Å². The quantitative estimate of drug-likeness (QED) is 0.0574. The third kappa shape index (κ3) is 22.2. The van der Waals surface area contributed by atoms with Gasteiger partial charge in [-0.3, -0.25) is 5.69 Å². The molecule has 0 aliphatic rings. The Morgan fingerprint density at radius 2 is 0.804 bits per heavy atom. The van der Waals surface area contributed by atoms with Gasteiger partial charge < -0.3 is 17.6 Å². The van der Waals surface area contributed by atoms with E-state index in [1.54, 1.807) is 0 Å². The van der Waals surface area contributed by atoms with Crippen molar-refractivity contribution in [3.05, 3.63) is 127 Å². The van der Waals surface area contributed by atoms with Crippen molar-refractivity contribution in [1.82, 2.24) is 0 Å². The normalized spacial score (nSPS) is 11.2. The molecule has 0 amide bonds. The Hall–Kier alpha value is -1.32. The van der Waals surface area contributed by atoms with Crippen LogP contribution in [0.1, 0.15) is 88.6 Å². The monoisotopic (exact) mass is 910 g/mol. The van der Waals surface area contributed by atoms with Crippen LogP contribution in [0.25, 0.3) is 10.6 Å². The molecule has 0 heterocycles. The van der Waals surface area contributed by atoms with Gasteiger partial charge in [0.15, 0.2) is 0 Å². The Kier molecular flexibility index (Phi) is 29.1. The number of nitrogens with zero attached hydrogens (tertiary/aromatic N) is 2. The van der Waals surface area contributed by atoms with E-state index in [9.17, 15) is 0 Å². The van der Waals surface area contributed by atoms with Crippen molar-refractivity contribution in [3.8, 4) is 0 Å². The predicted molar refractivity (Wildman–Crippen MR) is 258 cm³/mol. The van der Waals surface area contributed by atoms with Gasteiger partial charge in [-0.05, 0) is 53.2 Å². The molecule has 0 bridgehead atoms. The van der Waals surface area contributed by atoms with Crippen LogP contribution in [-0.2, 0) is 34.1 Å². The van der Waals surface area contributed by atoms with Gasteiger partial charge in [-0.15, -0.1) is 23.5 Å². The molecule has 2 nitrogen and oxygen atoms in total. The molecule has 0 aliphatic carbocycles. The number of hydrogen-bond donors (Lipinski definition) is 0. The largest absolute Gasteiger partial charge is 2.00 e. The Balaban J connectivity index is 0.000000963. The van der Waals surface area contributed by atoms with Crippen LogP contribution in [0.2, 0.25) is 0 Å². The van der Waals surface area contributed by atoms with Crippen LogP contribution in [0.3, 0.4) is 0 Å². The van der Waals surface area contributed by atoms with E-state index in [-0.39, 0.29) is 34.1 Å². The van der Waals surface area contributed by atoms with E-state index in [1.165, 1.54) is 58.1 Å². The Labute approximate surface area is 371 Å². The molecule has 0 aliphatic heterocycles. The van der Waals surface area contributed by atoms with Gasteiger partial charge in [0.05, 0.1) is 35.3 Å². The minimum atomic E-state index is -0.599. The Morgan fingerprint density at radius 3 is 1.18 bits per heavy atom. The van der Waals surface area contributed by atoms with Gasteiger partial charge in [0.1, 0.15) is 0 Å². The fraction of sp³-hybridized carbons (Fsp3) is 0.469. The number of rotatable bonds is 17. The predicted octanol–water partition coefficient (Wildman–Crippen LogP) is 15.0. The van der Waals surface area contributed by atoms with Gasteiger partial charge in [0.2, 0.25) is 0 Å². The molecule has 0 fully saturated rings. The van der Waals surface area contributed by atoms with Gasteiger partial charge in [-0.2, -0.15) is 12.0 Å². The molecular weight excluding hydrogens is 837 g/mol. The molecule has 4 aromatic rings. The summed E-state index contributed by atoms with van der Waals surface area (Å²) in [6.45, 7) is 35.2. The van der Waals surface area contributed by atoms with Crippen molar-refractivity contribution in [2.24, 2.45) is 35.5 Å². The summed E-state index contributed by atoms with van der Waals surface area (Å²) in [5.41, 5.74) is 5.48. The third-order valence-corrected chi connectivity index (χ3v) is 17.7. The van der Waals surface area contributed by atoms with E-state index >= 15 is 0 Å². The van der Waals surface area contributed by atoms with Crippen molar-refractivity contribution < 1.29 is 34.1 Å². The maximum atomic E-state index is 5.19. The SMILES string of the molecule is CC(C)CPc1ccccc1[N-]c1ccccc1[PH+](CC(C)C)CC(C)C.[CH2-]C(C)C.[CH2-]c1ccccc1[N-]c1ccccc1[PH+](CC(C)C)CC(C)C.[Cu+2].[Cu]. The van der Waals surface area contributed by atoms with Crippen LogP contribution >= 0.6 is 24.4 Å². The molecule has 4 aromatic carbocycles. The van der Waals surface area contributed by atoms with Crippen LogP contribution in [0.4, 0.5) is 22.7 Å². The summed E-state index contributed by atoms with van der Waals surface area (Å²) in [5.74, 6) is 4.26. The van der Waals surface area contributed by atoms with Crippen molar-refractivity contribution >= 4 is 63.1 Å². The summed E-state index contributed by atoms with van der Waals surface area (Å²) in [6, 6.07) is 34.5. The van der Waals surface area contributed by atoms with Crippen molar-refractivity contribution in [3.63, 3.8) is 0 Å². The van der Waals surface area contributed by atoms with E-state index in [4.69, 9.17) is 10.6 Å². The molecule has 2 radical (unpaired) electrons. The van der Waals surface area contributed by atoms with E-state index < -0.39 is 15.8 Å². The Bertz CT molecular complexity index is 1580. The standard InChI is InChI=1S/C24H36NP2.C21H28NP.C4H9.2Cu/c1-18(2)15-26-23-13-9-7-11-21(23)25-22-12-8-10-14-24(22)27(16-19(3)4)17-20(5)6;1-16(2)14-23(15-17(3)4)21-13-9-8-12-20(21)22-19-11-7-6-10-18(19)5;1-4(2)3;;/h7-14,18-20,26H,15-17H2,1-6H3;6-13,16-17H,5,14-15H2,1-4H3;4H,1H2,2-3H3;;/q-1;-2;-1;;+2/p+2. The second-order valence-corrected chi connectivity index (χ2v) is 23.6. The van der Waals surface area contributed by atoms with Crippen molar-refractivity contribution in [2.75, 3.05) is 30.8 Å². The zero-order valence-corrected chi connectivity index (χ0v) is 41.5. The number of benzene rings is 4. The van der Waals surface area contributed by atoms with Crippen molar-refractivity contribution in [1.29, 1.82) is 0 Å². The molecule has 7 heteroatoms. The number of hydrogen-bond acceptors (Lipinski definition) is 0. The molecule has 0 N–H and O–H groups in total. The average molecular weight is 912 g/mol. The van der Waals surface area contributed by atoms with Crippen LogP contribution < -0.4 is 15.9 Å². The van der Waals surface area contributed by atoms with E-state index in [0.29, 0.717) is 5.92 Å². The maximum absolute atomic E-state index is 5.19. The molecule has 1 unspecified atom stereocenters. The summed E-state index contributed by atoms with van der Waals surface area (Å²) in [5, 5.41) is 14.5. The molecule has 318 valence electrons. The first-order chi connectivity index (χ1) is 25.6. The van der Waals surface area contributed by atoms with Crippen LogP contribution in [0, 0.1) is 49.4 Å². The first kappa shape index (κ1) is 54.7. The molecular formula is C49H75Cu2N2P3. The van der Waals surface area contributed by atoms with E-state index in [0.717, 1.165) is 55.1 Å². The molecule has 4 rings (SSSR count). The summed E-state index contributed by atoms with van der Waals surface area (Å²) < 4.78 is 0. The van der Waals surface area contributed by atoms with Crippen LogP contribution in [0.15, 0.2) is 97.1 Å². The number of para-hydroxylation sites is 4. The third-order valence-electron chi connectivity index (χ3n) is 8.27. The Morgan fingerprint density at radius 1 is 0.482 bits per heavy atom. The molecule has 1 atom stereocenters. The van der Waals surface area contributed by atoms with Gasteiger partial charge in [0.25, 0.3) is 0 Å². The molecule has 0 saturated carbocycles. The topological polar surface area (TPSA) is 28.2 Å². The maximum Gasteiger partial charge on any atom is 2.00 e. The van der Waals surface area contributed by atoms with Crippen LogP contribution in [0.5, 0.6) is 0 Å². The fourth-order valence-corrected chi connectivity index (χ4v) is 14.2. The molecule has 0 saturated heterocycles. The molecule has 0 aromatic heterocycles. The summed E-state index contributed by atoms with van der Waals surface area (Å²) in [4.78, 5) is 0. The zero-order chi connectivity index (χ0) is 40.2. The van der Waals surface area contributed by atoms with E-state index in [2.05, 4.69) is 176 Å². The minimum absolute atomic E-state index is 0. The average Bonchev–Trinajstić information content (AvgIpc) is 3.08. The summed E-state index contributed by atoms with van der Waals surface area (Å²) in [7, 11) is -0.363.